The van der Waals surface area contributed by atoms with E-state index in [1.165, 1.54) is 12.5 Å². The summed E-state index contributed by atoms with van der Waals surface area (Å²) in [5.41, 5.74) is 2.31. The summed E-state index contributed by atoms with van der Waals surface area (Å²) in [6, 6.07) is 7.69. The molecule has 122 valence electrons. The normalized spacial score (nSPS) is 21.7. The molecule has 1 aromatic carbocycles. The van der Waals surface area contributed by atoms with E-state index in [0.717, 1.165) is 5.56 Å². The highest BCUT2D eigenvalue weighted by Gasteiger charge is 2.40. The lowest BCUT2D eigenvalue weighted by molar-refractivity contribution is -0.150. The first-order valence-electron chi connectivity index (χ1n) is 6.97. The molecule has 5 nitrogen and oxygen atoms in total. The Bertz CT molecular complexity index is 501. The number of carbonyl (C=O) groups excluding carboxylic acids is 2. The zero-order valence-corrected chi connectivity index (χ0v) is 13.1. The van der Waals surface area contributed by atoms with E-state index in [1.807, 2.05) is 30.3 Å². The Labute approximate surface area is 135 Å². The molecule has 2 rings (SSSR count). The number of Topliss-reactive ketones (excluding diaryl/α,β-unsaturated/α-hetero) is 1. The van der Waals surface area contributed by atoms with Crippen LogP contribution in [0.2, 0.25) is 0 Å². The third kappa shape index (κ3) is 4.50. The number of benzene rings is 1. The predicted octanol–water partition coefficient (Wildman–Crippen LogP) is 1.56. The minimum Gasteiger partial charge on any atom is -0.460 e. The second-order valence-corrected chi connectivity index (χ2v) is 5.15. The van der Waals surface area contributed by atoms with Gasteiger partial charge >= 0.3 is 5.97 Å². The van der Waals surface area contributed by atoms with Crippen LogP contribution >= 0.6 is 12.4 Å². The van der Waals surface area contributed by atoms with Crippen LogP contribution in [0.1, 0.15) is 18.9 Å². The van der Waals surface area contributed by atoms with Gasteiger partial charge < -0.3 is 10.1 Å². The third-order valence-electron chi connectivity index (χ3n) is 3.66. The fourth-order valence-electron chi connectivity index (χ4n) is 2.45. The molecule has 1 unspecified atom stereocenters. The Kier molecular flexibility index (Phi) is 7.44. The molecule has 1 fully saturated rings. The molecule has 1 aliphatic rings. The average molecular weight is 331 g/mol. The van der Waals surface area contributed by atoms with Crippen LogP contribution in [0.5, 0.6) is 0 Å². The molecule has 0 aliphatic carbocycles. The van der Waals surface area contributed by atoms with Crippen molar-refractivity contribution in [1.29, 1.82) is 0 Å². The van der Waals surface area contributed by atoms with Gasteiger partial charge in [-0.15, -0.1) is 22.4 Å². The predicted molar refractivity (Wildman–Crippen MR) is 82.1 cm³/mol. The molecule has 2 N–H and O–H groups in total. The summed E-state index contributed by atoms with van der Waals surface area (Å²) in [5, 5.41) is 2.96. The quantitative estimate of drug-likeness (QED) is 0.612. The molecule has 0 bridgehead atoms. The summed E-state index contributed by atoms with van der Waals surface area (Å²) in [7, 11) is 0. The topological polar surface area (TPSA) is 67.4 Å². The first-order chi connectivity index (χ1) is 10.1. The molecule has 1 heterocycles. The maximum atomic E-state index is 12.4. The number of esters is 1. The van der Waals surface area contributed by atoms with E-state index in [-0.39, 0.29) is 24.8 Å². The second-order valence-electron chi connectivity index (χ2n) is 5.15. The number of ketones is 1. The van der Waals surface area contributed by atoms with Gasteiger partial charge in [0, 0.05) is 5.92 Å². The summed E-state index contributed by atoms with van der Waals surface area (Å²) in [5.74, 6) is -1.34. The monoisotopic (exact) mass is 330 g/mol. The van der Waals surface area contributed by atoms with E-state index >= 15 is 0 Å². The van der Waals surface area contributed by atoms with Gasteiger partial charge in [0.1, 0.15) is 12.6 Å². The lowest BCUT2D eigenvalue weighted by Crippen LogP contribution is -2.44. The van der Waals surface area contributed by atoms with Gasteiger partial charge in [-0.1, -0.05) is 30.3 Å². The van der Waals surface area contributed by atoms with Crippen LogP contribution in [0.4, 0.5) is 4.48 Å². The van der Waals surface area contributed by atoms with E-state index in [1.54, 1.807) is 0 Å². The van der Waals surface area contributed by atoms with E-state index in [2.05, 4.69) is 5.32 Å². The number of carbonyl (C=O) groups is 2. The molecule has 1 saturated heterocycles. The number of rotatable bonds is 6. The Balaban J connectivity index is 0.00000242. The molecule has 7 heteroatoms. The molecule has 0 spiro atoms. The van der Waals surface area contributed by atoms with Gasteiger partial charge in [0.2, 0.25) is 0 Å². The Hall–Kier alpha value is -1.50. The van der Waals surface area contributed by atoms with Crippen molar-refractivity contribution in [2.75, 3.05) is 6.54 Å². The number of ether oxygens (including phenoxy) is 1. The Morgan fingerprint density at radius 1 is 1.41 bits per heavy atom. The summed E-state index contributed by atoms with van der Waals surface area (Å²) >= 11 is 0. The van der Waals surface area contributed by atoms with Crippen LogP contribution in [-0.4, -0.2) is 30.4 Å². The van der Waals surface area contributed by atoms with Gasteiger partial charge in [-0.3, -0.25) is 9.59 Å². The van der Waals surface area contributed by atoms with Gasteiger partial charge in [0.15, 0.2) is 5.78 Å². The third-order valence-corrected chi connectivity index (χ3v) is 3.66. The molecule has 0 radical (unpaired) electrons. The van der Waals surface area contributed by atoms with Crippen molar-refractivity contribution >= 4 is 24.2 Å². The van der Waals surface area contributed by atoms with E-state index in [4.69, 9.17) is 4.74 Å². The van der Waals surface area contributed by atoms with Gasteiger partial charge in [-0.2, -0.15) is 0 Å². The Morgan fingerprint density at radius 3 is 2.73 bits per heavy atom. The largest absolute Gasteiger partial charge is 0.460 e. The van der Waals surface area contributed by atoms with Crippen LogP contribution < -0.4 is 10.9 Å². The summed E-state index contributed by atoms with van der Waals surface area (Å²) in [4.78, 5) is 24.1. The number of nitrogens with one attached hydrogen (secondary N) is 2. The van der Waals surface area contributed by atoms with Crippen molar-refractivity contribution in [1.82, 2.24) is 10.9 Å². The number of hydrogen-bond donors (Lipinski definition) is 2. The first-order valence-corrected chi connectivity index (χ1v) is 6.97. The first kappa shape index (κ1) is 18.5. The van der Waals surface area contributed by atoms with Crippen LogP contribution in [0.15, 0.2) is 30.3 Å². The minimum atomic E-state index is -0.917. The van der Waals surface area contributed by atoms with Crippen LogP contribution in [0.3, 0.4) is 0 Å². The summed E-state index contributed by atoms with van der Waals surface area (Å²) < 4.78 is 17.6. The highest BCUT2D eigenvalue weighted by molar-refractivity contribution is 5.92. The highest BCUT2D eigenvalue weighted by Crippen LogP contribution is 2.20. The van der Waals surface area contributed by atoms with Gasteiger partial charge in [-0.25, -0.2) is 0 Å². The molecule has 22 heavy (non-hydrogen) atoms. The maximum absolute atomic E-state index is 12.4. The zero-order chi connectivity index (χ0) is 15.2. The van der Waals surface area contributed by atoms with Crippen molar-refractivity contribution in [3.8, 4) is 0 Å². The molecule has 0 aromatic heterocycles. The van der Waals surface area contributed by atoms with E-state index < -0.39 is 24.0 Å². The SMILES string of the molecule is C[C@H](NF)C(=O)C1CCN[C@@H]1C(=O)OCc1ccccc1.Cl. The fraction of sp³-hybridized carbons (Fsp3) is 0.467. The van der Waals surface area contributed by atoms with E-state index in [9.17, 15) is 14.1 Å². The molecule has 0 saturated carbocycles. The van der Waals surface area contributed by atoms with Crippen LogP contribution in [0, 0.1) is 5.92 Å². The van der Waals surface area contributed by atoms with Crippen LogP contribution in [-0.2, 0) is 20.9 Å². The smallest absolute Gasteiger partial charge is 0.324 e. The molecule has 1 aliphatic heterocycles. The van der Waals surface area contributed by atoms with Crippen molar-refractivity contribution in [2.24, 2.45) is 5.92 Å². The Morgan fingerprint density at radius 2 is 2.09 bits per heavy atom. The molecular weight excluding hydrogens is 311 g/mol. The van der Waals surface area contributed by atoms with Crippen molar-refractivity contribution < 1.29 is 18.8 Å². The molecule has 1 aromatic rings. The molecular formula is C15H20ClFN2O3. The van der Waals surface area contributed by atoms with Crippen molar-refractivity contribution in [3.05, 3.63) is 35.9 Å². The standard InChI is InChI=1S/C15H19FN2O3.ClH/c1-10(18-16)14(19)12-7-8-17-13(12)15(20)21-9-11-5-3-2-4-6-11;/h2-6,10,12-13,17-18H,7-9H2,1H3;1H/t10-,12?,13-;/m0./s1. The van der Waals surface area contributed by atoms with Crippen LogP contribution in [0.25, 0.3) is 0 Å². The van der Waals surface area contributed by atoms with Gasteiger partial charge in [-0.05, 0) is 25.5 Å². The zero-order valence-electron chi connectivity index (χ0n) is 12.3. The molecule has 3 atom stereocenters. The lowest BCUT2D eigenvalue weighted by Gasteiger charge is -2.19. The fourth-order valence-corrected chi connectivity index (χ4v) is 2.45. The van der Waals surface area contributed by atoms with Gasteiger partial charge in [0.05, 0.1) is 6.04 Å². The van der Waals surface area contributed by atoms with Crippen molar-refractivity contribution in [2.45, 2.75) is 32.0 Å². The summed E-state index contributed by atoms with van der Waals surface area (Å²) in [6.07, 6.45) is 0.510. The van der Waals surface area contributed by atoms with Crippen molar-refractivity contribution in [3.63, 3.8) is 0 Å². The number of hydrogen-bond acceptors (Lipinski definition) is 5. The maximum Gasteiger partial charge on any atom is 0.324 e. The van der Waals surface area contributed by atoms with E-state index in [0.29, 0.717) is 13.0 Å². The second kappa shape index (κ2) is 8.82. The highest BCUT2D eigenvalue weighted by atomic mass is 35.5. The van der Waals surface area contributed by atoms with Gasteiger partial charge in [0.25, 0.3) is 0 Å². The number of halogens is 2. The summed E-state index contributed by atoms with van der Waals surface area (Å²) in [6.45, 7) is 2.14. The molecule has 0 amide bonds. The minimum absolute atomic E-state index is 0. The average Bonchev–Trinajstić information content (AvgIpc) is 3.01. The lowest BCUT2D eigenvalue weighted by atomic mass is 9.92.